The zero-order valence-corrected chi connectivity index (χ0v) is 12.6. The molecule has 7 nitrogen and oxygen atoms in total. The molecule has 0 bridgehead atoms. The van der Waals surface area contributed by atoms with Crippen LogP contribution < -0.4 is 5.32 Å². The van der Waals surface area contributed by atoms with Gasteiger partial charge in [0, 0.05) is 17.8 Å². The molecule has 0 spiro atoms. The van der Waals surface area contributed by atoms with Crippen molar-refractivity contribution in [3.63, 3.8) is 0 Å². The first-order chi connectivity index (χ1) is 11.2. The van der Waals surface area contributed by atoms with Crippen LogP contribution in [0.5, 0.6) is 0 Å². The Bertz CT molecular complexity index is 994. The van der Waals surface area contributed by atoms with Crippen molar-refractivity contribution in [1.29, 1.82) is 0 Å². The number of carboxylic acids is 1. The number of aromatic carboxylic acids is 1. The smallest absolute Gasteiger partial charge is 0.358 e. The van der Waals surface area contributed by atoms with Gasteiger partial charge >= 0.3 is 5.97 Å². The van der Waals surface area contributed by atoms with Crippen molar-refractivity contribution >= 4 is 39.1 Å². The number of carbonyl (C=O) groups is 1. The van der Waals surface area contributed by atoms with Gasteiger partial charge in [0.05, 0.1) is 23.3 Å². The maximum absolute atomic E-state index is 11.4. The van der Waals surface area contributed by atoms with Crippen molar-refractivity contribution in [2.75, 3.05) is 5.32 Å². The van der Waals surface area contributed by atoms with E-state index in [1.165, 1.54) is 0 Å². The van der Waals surface area contributed by atoms with Crippen LogP contribution in [0.3, 0.4) is 0 Å². The number of thiazole rings is 1. The van der Waals surface area contributed by atoms with Gasteiger partial charge in [0.15, 0.2) is 16.5 Å². The van der Waals surface area contributed by atoms with Gasteiger partial charge in [0.2, 0.25) is 0 Å². The summed E-state index contributed by atoms with van der Waals surface area (Å²) in [7, 11) is 0. The van der Waals surface area contributed by atoms with Gasteiger partial charge in [-0.15, -0.1) is 11.3 Å². The number of imidazole rings is 1. The number of carboxylic acid groups (broad SMARTS) is 1. The number of aromatic nitrogens is 4. The normalized spacial score (nSPS) is 11.1. The zero-order chi connectivity index (χ0) is 15.8. The highest BCUT2D eigenvalue weighted by Gasteiger charge is 2.15. The molecule has 0 radical (unpaired) electrons. The van der Waals surface area contributed by atoms with Gasteiger partial charge in [-0.1, -0.05) is 12.1 Å². The highest BCUT2D eigenvalue weighted by atomic mass is 32.1. The molecular formula is C15H11N5O2S. The second-order valence-electron chi connectivity index (χ2n) is 4.89. The number of rotatable bonds is 4. The summed E-state index contributed by atoms with van der Waals surface area (Å²) in [5.41, 5.74) is 1.91. The molecule has 4 aromatic rings. The van der Waals surface area contributed by atoms with Gasteiger partial charge in [-0.3, -0.25) is 4.40 Å². The van der Waals surface area contributed by atoms with Gasteiger partial charge in [0.25, 0.3) is 0 Å². The molecule has 3 heterocycles. The Hall–Kier alpha value is -3.00. The number of hydrogen-bond acceptors (Lipinski definition) is 6. The predicted octanol–water partition coefficient (Wildman–Crippen LogP) is 2.65. The van der Waals surface area contributed by atoms with E-state index in [0.29, 0.717) is 17.6 Å². The van der Waals surface area contributed by atoms with E-state index in [1.807, 2.05) is 28.2 Å². The monoisotopic (exact) mass is 325 g/mol. The van der Waals surface area contributed by atoms with Gasteiger partial charge in [-0.25, -0.2) is 19.7 Å². The molecule has 0 aliphatic rings. The Balaban J connectivity index is 1.67. The summed E-state index contributed by atoms with van der Waals surface area (Å²) in [4.78, 5) is 25.3. The van der Waals surface area contributed by atoms with E-state index in [9.17, 15) is 9.90 Å². The number of benzene rings is 1. The highest BCUT2D eigenvalue weighted by Crippen LogP contribution is 2.18. The molecule has 0 fully saturated rings. The summed E-state index contributed by atoms with van der Waals surface area (Å²) >= 11 is 1.54. The summed E-state index contributed by atoms with van der Waals surface area (Å²) in [5.74, 6) is -0.871. The minimum Gasteiger partial charge on any atom is -0.476 e. The van der Waals surface area contributed by atoms with E-state index in [4.69, 9.17) is 0 Å². The molecule has 4 rings (SSSR count). The van der Waals surface area contributed by atoms with Crippen LogP contribution in [0.4, 0.5) is 5.82 Å². The highest BCUT2D eigenvalue weighted by molar-refractivity contribution is 7.15. The summed E-state index contributed by atoms with van der Waals surface area (Å²) in [6.07, 6.45) is 3.82. The number of hydrogen-bond donors (Lipinski definition) is 2. The van der Waals surface area contributed by atoms with Crippen LogP contribution in [0, 0.1) is 0 Å². The first-order valence-electron chi connectivity index (χ1n) is 6.86. The molecule has 0 aliphatic heterocycles. The number of para-hydroxylation sites is 2. The second kappa shape index (κ2) is 5.33. The van der Waals surface area contributed by atoms with E-state index >= 15 is 0 Å². The third-order valence-corrected chi connectivity index (χ3v) is 4.12. The van der Waals surface area contributed by atoms with Crippen LogP contribution in [0.1, 0.15) is 16.2 Å². The van der Waals surface area contributed by atoms with Crippen LogP contribution in [0.25, 0.3) is 16.0 Å². The fourth-order valence-corrected chi connectivity index (χ4v) is 3.03. The fourth-order valence-electron chi connectivity index (χ4n) is 2.31. The van der Waals surface area contributed by atoms with E-state index in [0.717, 1.165) is 10.7 Å². The van der Waals surface area contributed by atoms with Crippen molar-refractivity contribution < 1.29 is 9.90 Å². The van der Waals surface area contributed by atoms with E-state index in [1.54, 1.807) is 29.5 Å². The van der Waals surface area contributed by atoms with Crippen molar-refractivity contribution in [2.24, 2.45) is 0 Å². The topological polar surface area (TPSA) is 92.4 Å². The molecule has 0 unspecified atom stereocenters. The van der Waals surface area contributed by atoms with Crippen LogP contribution in [-0.2, 0) is 6.54 Å². The molecule has 2 N–H and O–H groups in total. The molecule has 23 heavy (non-hydrogen) atoms. The lowest BCUT2D eigenvalue weighted by Crippen LogP contribution is -2.11. The summed E-state index contributed by atoms with van der Waals surface area (Å²) in [5, 5.41) is 14.3. The van der Waals surface area contributed by atoms with Crippen molar-refractivity contribution in [3.8, 4) is 0 Å². The number of fused-ring (bicyclic) bond motifs is 2. The van der Waals surface area contributed by atoms with Crippen LogP contribution in [-0.4, -0.2) is 30.4 Å². The summed E-state index contributed by atoms with van der Waals surface area (Å²) in [6.45, 7) is 0.377. The lowest BCUT2D eigenvalue weighted by atomic mass is 10.3. The first-order valence-corrected chi connectivity index (χ1v) is 7.74. The van der Waals surface area contributed by atoms with Gasteiger partial charge in [-0.2, -0.15) is 0 Å². The molecule has 0 saturated carbocycles. The minimum absolute atomic E-state index is 0.0929. The molecule has 0 aliphatic carbocycles. The van der Waals surface area contributed by atoms with E-state index in [2.05, 4.69) is 20.3 Å². The number of nitrogens with one attached hydrogen (secondary N) is 1. The molecule has 0 saturated heterocycles. The van der Waals surface area contributed by atoms with Crippen molar-refractivity contribution in [1.82, 2.24) is 19.4 Å². The molecule has 8 heteroatoms. The SMILES string of the molecule is O=C(O)c1nc2ccccc2nc1NCc1cn2ccsc2n1. The van der Waals surface area contributed by atoms with Crippen LogP contribution in [0.15, 0.2) is 42.0 Å². The lowest BCUT2D eigenvalue weighted by molar-refractivity contribution is 0.0691. The summed E-state index contributed by atoms with van der Waals surface area (Å²) in [6, 6.07) is 7.17. The van der Waals surface area contributed by atoms with Gasteiger partial charge in [-0.05, 0) is 12.1 Å². The lowest BCUT2D eigenvalue weighted by Gasteiger charge is -2.08. The minimum atomic E-state index is -1.11. The third kappa shape index (κ3) is 2.49. The third-order valence-electron chi connectivity index (χ3n) is 3.35. The predicted molar refractivity (Wildman–Crippen MR) is 86.9 cm³/mol. The number of nitrogens with zero attached hydrogens (tertiary/aromatic N) is 4. The van der Waals surface area contributed by atoms with Crippen molar-refractivity contribution in [3.05, 3.63) is 53.4 Å². The largest absolute Gasteiger partial charge is 0.476 e. The standard InChI is InChI=1S/C15H11N5O2S/c21-14(22)12-13(19-11-4-2-1-3-10(11)18-12)16-7-9-8-20-5-6-23-15(20)17-9/h1-6,8H,7H2,(H,16,19)(H,21,22). The Kier molecular flexibility index (Phi) is 3.16. The molecule has 114 valence electrons. The first kappa shape index (κ1) is 13.6. The average molecular weight is 325 g/mol. The van der Waals surface area contributed by atoms with E-state index in [-0.39, 0.29) is 11.5 Å². The zero-order valence-electron chi connectivity index (χ0n) is 11.8. The summed E-state index contributed by atoms with van der Waals surface area (Å²) < 4.78 is 1.92. The second-order valence-corrected chi connectivity index (χ2v) is 5.77. The molecule has 0 amide bonds. The Morgan fingerprint density at radius 3 is 2.74 bits per heavy atom. The van der Waals surface area contributed by atoms with Crippen LogP contribution in [0.2, 0.25) is 0 Å². The Morgan fingerprint density at radius 1 is 1.22 bits per heavy atom. The fraction of sp³-hybridized carbons (Fsp3) is 0.0667. The van der Waals surface area contributed by atoms with Crippen molar-refractivity contribution in [2.45, 2.75) is 6.54 Å². The maximum atomic E-state index is 11.4. The van der Waals surface area contributed by atoms with Crippen LogP contribution >= 0.6 is 11.3 Å². The van der Waals surface area contributed by atoms with Gasteiger partial charge < -0.3 is 10.4 Å². The van der Waals surface area contributed by atoms with E-state index < -0.39 is 5.97 Å². The molecule has 3 aromatic heterocycles. The average Bonchev–Trinajstić information content (AvgIpc) is 3.13. The molecular weight excluding hydrogens is 314 g/mol. The van der Waals surface area contributed by atoms with Gasteiger partial charge in [0.1, 0.15) is 0 Å². The quantitative estimate of drug-likeness (QED) is 0.599. The Labute approximate surface area is 134 Å². The maximum Gasteiger partial charge on any atom is 0.358 e. The number of anilines is 1. The molecule has 1 aromatic carbocycles. The molecule has 0 atom stereocenters. The Morgan fingerprint density at radius 2 is 2.00 bits per heavy atom.